The lowest BCUT2D eigenvalue weighted by Gasteiger charge is -2.18. The van der Waals surface area contributed by atoms with Gasteiger partial charge in [0.25, 0.3) is 5.91 Å². The van der Waals surface area contributed by atoms with Gasteiger partial charge in [-0.2, -0.15) is 0 Å². The van der Waals surface area contributed by atoms with Crippen molar-refractivity contribution in [1.29, 1.82) is 0 Å². The zero-order chi connectivity index (χ0) is 13.3. The highest BCUT2D eigenvalue weighted by Crippen LogP contribution is 2.30. The van der Waals surface area contributed by atoms with Crippen molar-refractivity contribution >= 4 is 29.7 Å². The number of oxime groups is 1. The van der Waals surface area contributed by atoms with Crippen molar-refractivity contribution in [1.82, 2.24) is 5.32 Å². The van der Waals surface area contributed by atoms with Gasteiger partial charge in [-0.15, -0.1) is 12.4 Å². The van der Waals surface area contributed by atoms with E-state index >= 15 is 0 Å². The van der Waals surface area contributed by atoms with E-state index in [1.165, 1.54) is 12.1 Å². The fraction of sp³-hybridized carbons (Fsp3) is 0.385. The molecule has 5 nitrogen and oxygen atoms in total. The predicted octanol–water partition coefficient (Wildman–Crippen LogP) is 1.69. The zero-order valence-electron chi connectivity index (χ0n) is 10.7. The summed E-state index contributed by atoms with van der Waals surface area (Å²) in [7, 11) is 0. The second-order valence-corrected chi connectivity index (χ2v) is 4.88. The summed E-state index contributed by atoms with van der Waals surface area (Å²) >= 11 is 0. The molecule has 1 saturated heterocycles. The topological polar surface area (TPSA) is 62.7 Å². The molecule has 0 aliphatic carbocycles. The first-order chi connectivity index (χ1) is 9.17. The fourth-order valence-corrected chi connectivity index (χ4v) is 2.36. The number of amides is 1. The number of nitrogens with zero attached hydrogens (tertiary/aromatic N) is 1. The van der Waals surface area contributed by atoms with Crippen LogP contribution >= 0.6 is 12.4 Å². The SMILES string of the molecule is Cl.O=C(Nc1cccc(F)c1)C1=NOC2(CCNC2)C1. The summed E-state index contributed by atoms with van der Waals surface area (Å²) in [5.74, 6) is -0.728. The normalized spacial score (nSPS) is 23.9. The molecule has 2 aliphatic heterocycles. The van der Waals surface area contributed by atoms with Crippen molar-refractivity contribution < 1.29 is 14.0 Å². The number of halogens is 2. The van der Waals surface area contributed by atoms with Crippen LogP contribution in [0.4, 0.5) is 10.1 Å². The third kappa shape index (κ3) is 2.91. The lowest BCUT2D eigenvalue weighted by molar-refractivity contribution is -0.110. The number of benzene rings is 1. The molecule has 0 saturated carbocycles. The molecule has 2 heterocycles. The van der Waals surface area contributed by atoms with Gasteiger partial charge in [0.15, 0.2) is 5.60 Å². The molecule has 1 unspecified atom stereocenters. The Hall–Kier alpha value is -1.66. The molecular weight excluding hydrogens is 285 g/mol. The highest BCUT2D eigenvalue weighted by molar-refractivity contribution is 6.43. The molecule has 1 atom stereocenters. The molecule has 1 amide bonds. The van der Waals surface area contributed by atoms with Crippen LogP contribution in [0.1, 0.15) is 12.8 Å². The van der Waals surface area contributed by atoms with Gasteiger partial charge in [0, 0.05) is 25.1 Å². The van der Waals surface area contributed by atoms with E-state index in [9.17, 15) is 9.18 Å². The molecule has 1 spiro atoms. The summed E-state index contributed by atoms with van der Waals surface area (Å²) in [6.07, 6.45) is 1.33. The summed E-state index contributed by atoms with van der Waals surface area (Å²) < 4.78 is 13.0. The molecule has 1 aromatic rings. The van der Waals surface area contributed by atoms with Crippen molar-refractivity contribution in [2.24, 2.45) is 5.16 Å². The van der Waals surface area contributed by atoms with Gasteiger partial charge in [0.2, 0.25) is 0 Å². The quantitative estimate of drug-likeness (QED) is 0.873. The molecule has 0 bridgehead atoms. The van der Waals surface area contributed by atoms with E-state index < -0.39 is 0 Å². The van der Waals surface area contributed by atoms with Crippen LogP contribution in [-0.2, 0) is 9.63 Å². The largest absolute Gasteiger partial charge is 0.387 e. The third-order valence-electron chi connectivity index (χ3n) is 3.39. The molecular formula is C13H15ClFN3O2. The standard InChI is InChI=1S/C13H14FN3O2.ClH/c14-9-2-1-3-10(6-9)16-12(18)11-7-13(19-17-11)4-5-15-8-13;/h1-3,6,15H,4-5,7-8H2,(H,16,18);1H. The Labute approximate surface area is 122 Å². The first-order valence-corrected chi connectivity index (χ1v) is 6.20. The van der Waals surface area contributed by atoms with Gasteiger partial charge in [-0.05, 0) is 24.7 Å². The van der Waals surface area contributed by atoms with Gasteiger partial charge < -0.3 is 15.5 Å². The van der Waals surface area contributed by atoms with E-state index in [-0.39, 0.29) is 29.7 Å². The molecule has 1 fully saturated rings. The van der Waals surface area contributed by atoms with Crippen LogP contribution in [0.25, 0.3) is 0 Å². The Morgan fingerprint density at radius 2 is 2.35 bits per heavy atom. The predicted molar refractivity (Wildman–Crippen MR) is 75.6 cm³/mol. The first kappa shape index (κ1) is 14.7. The highest BCUT2D eigenvalue weighted by atomic mass is 35.5. The van der Waals surface area contributed by atoms with Gasteiger partial charge in [-0.3, -0.25) is 4.79 Å². The number of carbonyl (C=O) groups is 1. The van der Waals surface area contributed by atoms with Crippen LogP contribution in [0.2, 0.25) is 0 Å². The molecule has 0 radical (unpaired) electrons. The second-order valence-electron chi connectivity index (χ2n) is 4.88. The Morgan fingerprint density at radius 1 is 1.50 bits per heavy atom. The molecule has 3 rings (SSSR count). The van der Waals surface area contributed by atoms with Crippen LogP contribution in [0.3, 0.4) is 0 Å². The number of anilines is 1. The van der Waals surface area contributed by atoms with Gasteiger partial charge in [0.05, 0.1) is 0 Å². The average Bonchev–Trinajstić information content (AvgIpc) is 3.00. The average molecular weight is 300 g/mol. The van der Waals surface area contributed by atoms with Crippen molar-refractivity contribution in [3.8, 4) is 0 Å². The molecule has 1 aromatic carbocycles. The van der Waals surface area contributed by atoms with E-state index in [1.54, 1.807) is 12.1 Å². The second kappa shape index (κ2) is 5.76. The molecule has 0 aromatic heterocycles. The lowest BCUT2D eigenvalue weighted by Crippen LogP contribution is -2.33. The van der Waals surface area contributed by atoms with Crippen LogP contribution in [-0.4, -0.2) is 30.3 Å². The Kier molecular flexibility index (Phi) is 4.25. The summed E-state index contributed by atoms with van der Waals surface area (Å²) in [5, 5.41) is 9.67. The van der Waals surface area contributed by atoms with Gasteiger partial charge in [0.1, 0.15) is 11.5 Å². The minimum Gasteiger partial charge on any atom is -0.387 e. The van der Waals surface area contributed by atoms with Gasteiger partial charge in [-0.25, -0.2) is 4.39 Å². The highest BCUT2D eigenvalue weighted by Gasteiger charge is 2.43. The Morgan fingerprint density at radius 3 is 3.05 bits per heavy atom. The summed E-state index contributed by atoms with van der Waals surface area (Å²) in [6.45, 7) is 1.57. The summed E-state index contributed by atoms with van der Waals surface area (Å²) in [6, 6.07) is 5.76. The van der Waals surface area contributed by atoms with Gasteiger partial charge >= 0.3 is 0 Å². The number of rotatable bonds is 2. The summed E-state index contributed by atoms with van der Waals surface area (Å²) in [4.78, 5) is 17.4. The minimum atomic E-state index is -0.390. The molecule has 20 heavy (non-hydrogen) atoms. The van der Waals surface area contributed by atoms with Crippen molar-refractivity contribution in [3.63, 3.8) is 0 Å². The van der Waals surface area contributed by atoms with Crippen LogP contribution in [0, 0.1) is 5.82 Å². The van der Waals surface area contributed by atoms with E-state index in [0.29, 0.717) is 24.4 Å². The number of carbonyl (C=O) groups excluding carboxylic acids is 1. The van der Waals surface area contributed by atoms with Crippen molar-refractivity contribution in [2.75, 3.05) is 18.4 Å². The van der Waals surface area contributed by atoms with Crippen LogP contribution in [0.5, 0.6) is 0 Å². The fourth-order valence-electron chi connectivity index (χ4n) is 2.36. The van der Waals surface area contributed by atoms with Gasteiger partial charge in [-0.1, -0.05) is 11.2 Å². The van der Waals surface area contributed by atoms with Crippen LogP contribution in [0.15, 0.2) is 29.4 Å². The Balaban J connectivity index is 0.00000147. The third-order valence-corrected chi connectivity index (χ3v) is 3.39. The lowest BCUT2D eigenvalue weighted by atomic mass is 9.96. The molecule has 2 N–H and O–H groups in total. The van der Waals surface area contributed by atoms with E-state index in [1.807, 2.05) is 0 Å². The summed E-state index contributed by atoms with van der Waals surface area (Å²) in [5.41, 5.74) is 0.403. The molecule has 7 heteroatoms. The van der Waals surface area contributed by atoms with E-state index in [4.69, 9.17) is 4.84 Å². The van der Waals surface area contributed by atoms with Crippen molar-refractivity contribution in [2.45, 2.75) is 18.4 Å². The minimum absolute atomic E-state index is 0. The maximum Gasteiger partial charge on any atom is 0.273 e. The zero-order valence-corrected chi connectivity index (χ0v) is 11.5. The Bertz CT molecular complexity index is 544. The smallest absolute Gasteiger partial charge is 0.273 e. The van der Waals surface area contributed by atoms with E-state index in [2.05, 4.69) is 15.8 Å². The van der Waals surface area contributed by atoms with Crippen molar-refractivity contribution in [3.05, 3.63) is 30.1 Å². The molecule has 108 valence electrons. The number of hydrogen-bond donors (Lipinski definition) is 2. The number of hydrogen-bond acceptors (Lipinski definition) is 4. The first-order valence-electron chi connectivity index (χ1n) is 6.20. The molecule has 2 aliphatic rings. The maximum atomic E-state index is 13.0. The number of nitrogens with one attached hydrogen (secondary N) is 2. The monoisotopic (exact) mass is 299 g/mol. The maximum absolute atomic E-state index is 13.0. The van der Waals surface area contributed by atoms with E-state index in [0.717, 1.165) is 13.0 Å². The van der Waals surface area contributed by atoms with Crippen LogP contribution < -0.4 is 10.6 Å².